The third kappa shape index (κ3) is 3.61. The lowest BCUT2D eigenvalue weighted by molar-refractivity contribution is 1.15. The summed E-state index contributed by atoms with van der Waals surface area (Å²) in [6.45, 7) is 5.90. The van der Waals surface area contributed by atoms with Crippen molar-refractivity contribution in [2.45, 2.75) is 20.8 Å². The van der Waals surface area contributed by atoms with E-state index in [-0.39, 0.29) is 7.43 Å². The van der Waals surface area contributed by atoms with Gasteiger partial charge in [-0.1, -0.05) is 49.9 Å². The molecule has 0 nitrogen and oxygen atoms in total. The first kappa shape index (κ1) is 9.96. The van der Waals surface area contributed by atoms with E-state index < -0.39 is 0 Å². The molecule has 1 aromatic rings. The Morgan fingerprint density at radius 2 is 1.82 bits per heavy atom. The van der Waals surface area contributed by atoms with Crippen LogP contribution < -0.4 is 0 Å². The maximum atomic E-state index is 3.85. The van der Waals surface area contributed by atoms with Crippen molar-refractivity contribution in [3.63, 3.8) is 0 Å². The topological polar surface area (TPSA) is 0 Å². The Kier molecular flexibility index (Phi) is 4.28. The van der Waals surface area contributed by atoms with Gasteiger partial charge in [-0.05, 0) is 18.9 Å². The van der Waals surface area contributed by atoms with Crippen molar-refractivity contribution < 1.29 is 0 Å². The Balaban J connectivity index is 0.000001000. The minimum absolute atomic E-state index is 0. The molecule has 0 aliphatic rings. The zero-order chi connectivity index (χ0) is 7.40. The van der Waals surface area contributed by atoms with Gasteiger partial charge in [0, 0.05) is 0 Å². The van der Waals surface area contributed by atoms with Crippen LogP contribution in [0, 0.1) is 0 Å². The number of hydrogen-bond acceptors (Lipinski definition) is 0. The summed E-state index contributed by atoms with van der Waals surface area (Å²) in [4.78, 5) is 0. The SMILES string of the molecule is C.C=C(C)Cc1ccccc1. The molecule has 0 aliphatic carbocycles. The molecule has 0 fully saturated rings. The van der Waals surface area contributed by atoms with Crippen molar-refractivity contribution >= 4 is 0 Å². The molecule has 0 amide bonds. The summed E-state index contributed by atoms with van der Waals surface area (Å²) in [5.41, 5.74) is 2.56. The van der Waals surface area contributed by atoms with Crippen LogP contribution in [0.1, 0.15) is 19.9 Å². The predicted octanol–water partition coefficient (Wildman–Crippen LogP) is 3.44. The number of rotatable bonds is 2. The third-order valence-electron chi connectivity index (χ3n) is 1.35. The highest BCUT2D eigenvalue weighted by molar-refractivity contribution is 5.19. The van der Waals surface area contributed by atoms with Gasteiger partial charge in [-0.3, -0.25) is 0 Å². The van der Waals surface area contributed by atoms with Gasteiger partial charge >= 0.3 is 0 Å². The molecular weight excluding hydrogens is 132 g/mol. The highest BCUT2D eigenvalue weighted by Gasteiger charge is 1.88. The van der Waals surface area contributed by atoms with Gasteiger partial charge < -0.3 is 0 Å². The second-order valence-electron chi connectivity index (χ2n) is 2.62. The summed E-state index contributed by atoms with van der Waals surface area (Å²) in [5.74, 6) is 0. The molecule has 0 aromatic heterocycles. The van der Waals surface area contributed by atoms with Crippen LogP contribution in [0.15, 0.2) is 42.5 Å². The van der Waals surface area contributed by atoms with Crippen LogP contribution >= 0.6 is 0 Å². The largest absolute Gasteiger partial charge is 0.0998 e. The van der Waals surface area contributed by atoms with Crippen LogP contribution in [0.5, 0.6) is 0 Å². The van der Waals surface area contributed by atoms with Gasteiger partial charge in [-0.25, -0.2) is 0 Å². The molecule has 0 heterocycles. The van der Waals surface area contributed by atoms with Crippen LogP contribution in [0.4, 0.5) is 0 Å². The summed E-state index contributed by atoms with van der Waals surface area (Å²) in [6.07, 6.45) is 1.00. The normalized spacial score (nSPS) is 8.45. The summed E-state index contributed by atoms with van der Waals surface area (Å²) in [5, 5.41) is 0. The lowest BCUT2D eigenvalue weighted by atomic mass is 10.1. The van der Waals surface area contributed by atoms with Crippen molar-refractivity contribution in [2.24, 2.45) is 0 Å². The van der Waals surface area contributed by atoms with Gasteiger partial charge in [0.2, 0.25) is 0 Å². The second-order valence-corrected chi connectivity index (χ2v) is 2.62. The smallest absolute Gasteiger partial charge is 0.00726 e. The molecule has 1 aromatic carbocycles. The van der Waals surface area contributed by atoms with Gasteiger partial charge in [-0.2, -0.15) is 0 Å². The first-order valence-electron chi connectivity index (χ1n) is 3.47. The van der Waals surface area contributed by atoms with E-state index in [0.29, 0.717) is 0 Å². The molecule has 0 atom stereocenters. The molecule has 0 unspecified atom stereocenters. The van der Waals surface area contributed by atoms with Gasteiger partial charge in [0.25, 0.3) is 0 Å². The fourth-order valence-corrected chi connectivity index (χ4v) is 0.944. The molecule has 0 heteroatoms. The van der Waals surface area contributed by atoms with Gasteiger partial charge in [0.1, 0.15) is 0 Å². The molecule has 11 heavy (non-hydrogen) atoms. The van der Waals surface area contributed by atoms with E-state index in [2.05, 4.69) is 30.8 Å². The monoisotopic (exact) mass is 148 g/mol. The molecule has 0 saturated carbocycles. The molecule has 0 aliphatic heterocycles. The Hall–Kier alpha value is -1.04. The Morgan fingerprint density at radius 3 is 2.27 bits per heavy atom. The van der Waals surface area contributed by atoms with E-state index in [1.165, 1.54) is 11.1 Å². The van der Waals surface area contributed by atoms with E-state index in [0.717, 1.165) is 6.42 Å². The zero-order valence-corrected chi connectivity index (χ0v) is 6.30. The molecule has 0 radical (unpaired) electrons. The molecule has 0 saturated heterocycles. The van der Waals surface area contributed by atoms with Crippen molar-refractivity contribution in [1.29, 1.82) is 0 Å². The molecule has 1 rings (SSSR count). The lowest BCUT2D eigenvalue weighted by Gasteiger charge is -1.97. The zero-order valence-electron chi connectivity index (χ0n) is 6.30. The van der Waals surface area contributed by atoms with Crippen molar-refractivity contribution in [1.82, 2.24) is 0 Å². The summed E-state index contributed by atoms with van der Waals surface area (Å²) in [7, 11) is 0. The van der Waals surface area contributed by atoms with E-state index in [4.69, 9.17) is 0 Å². The first-order valence-corrected chi connectivity index (χ1v) is 3.47. The number of hydrogen-bond donors (Lipinski definition) is 0. The van der Waals surface area contributed by atoms with Crippen molar-refractivity contribution in [3.8, 4) is 0 Å². The van der Waals surface area contributed by atoms with Crippen molar-refractivity contribution in [3.05, 3.63) is 48.0 Å². The lowest BCUT2D eigenvalue weighted by Crippen LogP contribution is -1.82. The predicted molar refractivity (Wildman–Crippen MR) is 51.7 cm³/mol. The van der Waals surface area contributed by atoms with Crippen LogP contribution in [0.3, 0.4) is 0 Å². The Bertz CT molecular complexity index is 209. The van der Waals surface area contributed by atoms with Crippen molar-refractivity contribution in [2.75, 3.05) is 0 Å². The minimum Gasteiger partial charge on any atom is -0.0998 e. The van der Waals surface area contributed by atoms with E-state index in [9.17, 15) is 0 Å². The van der Waals surface area contributed by atoms with E-state index in [1.54, 1.807) is 0 Å². The van der Waals surface area contributed by atoms with E-state index in [1.807, 2.05) is 13.0 Å². The molecule has 60 valence electrons. The van der Waals surface area contributed by atoms with Crippen LogP contribution in [-0.2, 0) is 6.42 Å². The molecular formula is C11H16. The average molecular weight is 148 g/mol. The van der Waals surface area contributed by atoms with Crippen LogP contribution in [0.2, 0.25) is 0 Å². The third-order valence-corrected chi connectivity index (χ3v) is 1.35. The molecule has 0 bridgehead atoms. The minimum atomic E-state index is 0. The molecule has 0 spiro atoms. The van der Waals surface area contributed by atoms with Gasteiger partial charge in [0.15, 0.2) is 0 Å². The average Bonchev–Trinajstić information content (AvgIpc) is 1.88. The number of allylic oxidation sites excluding steroid dienone is 1. The van der Waals surface area contributed by atoms with E-state index >= 15 is 0 Å². The second kappa shape index (κ2) is 4.73. The standard InChI is InChI=1S/C10H12.CH4/c1-9(2)8-10-6-4-3-5-7-10;/h3-7H,1,8H2,2H3;1H4. The Labute approximate surface area is 69.6 Å². The summed E-state index contributed by atoms with van der Waals surface area (Å²) >= 11 is 0. The number of benzene rings is 1. The highest BCUT2D eigenvalue weighted by atomic mass is 13.9. The molecule has 0 N–H and O–H groups in total. The van der Waals surface area contributed by atoms with Gasteiger partial charge in [-0.15, -0.1) is 0 Å². The Morgan fingerprint density at radius 1 is 1.27 bits per heavy atom. The van der Waals surface area contributed by atoms with Crippen LogP contribution in [-0.4, -0.2) is 0 Å². The maximum Gasteiger partial charge on any atom is -0.00726 e. The maximum absolute atomic E-state index is 3.85. The highest BCUT2D eigenvalue weighted by Crippen LogP contribution is 2.04. The van der Waals surface area contributed by atoms with Gasteiger partial charge in [0.05, 0.1) is 0 Å². The fraction of sp³-hybridized carbons (Fsp3) is 0.273. The summed E-state index contributed by atoms with van der Waals surface area (Å²) < 4.78 is 0. The summed E-state index contributed by atoms with van der Waals surface area (Å²) in [6, 6.07) is 10.4. The quantitative estimate of drug-likeness (QED) is 0.563. The van der Waals surface area contributed by atoms with Crippen LogP contribution in [0.25, 0.3) is 0 Å². The first-order chi connectivity index (χ1) is 4.79. The fourth-order valence-electron chi connectivity index (χ4n) is 0.944.